The molecule has 1 aromatic heterocycles. The van der Waals surface area contributed by atoms with Gasteiger partial charge in [0.25, 0.3) is 5.91 Å². The molecule has 0 saturated heterocycles. The highest BCUT2D eigenvalue weighted by atomic mass is 32.2. The monoisotopic (exact) mass is 437 g/mol. The number of primary amides is 1. The van der Waals surface area contributed by atoms with Crippen LogP contribution in [0.4, 0.5) is 16.4 Å². The molecule has 1 aromatic carbocycles. The molecule has 13 heteroatoms. The molecule has 0 bridgehead atoms. The van der Waals surface area contributed by atoms with Gasteiger partial charge in [-0.3, -0.25) is 4.79 Å². The Morgan fingerprint density at radius 3 is 2.17 bits per heavy atom. The van der Waals surface area contributed by atoms with Gasteiger partial charge in [0.15, 0.2) is 5.69 Å². The van der Waals surface area contributed by atoms with Crippen LogP contribution in [0, 0.1) is 0 Å². The summed E-state index contributed by atoms with van der Waals surface area (Å²) in [5.74, 6) is -1.46. The molecule has 1 fully saturated rings. The number of nitrogens with zero attached hydrogens (tertiary/aromatic N) is 3. The van der Waals surface area contributed by atoms with E-state index >= 15 is 0 Å². The normalized spacial score (nSPS) is 15.7. The molecule has 2 aromatic rings. The highest BCUT2D eigenvalue weighted by molar-refractivity contribution is 7.89. The number of methoxy groups -OCH3 is 2. The number of amides is 3. The molecule has 0 aliphatic heterocycles. The van der Waals surface area contributed by atoms with Gasteiger partial charge < -0.3 is 20.5 Å². The lowest BCUT2D eigenvalue weighted by atomic mass is 10.1. The SMILES string of the molecule is COc1cc(OC)nc([N+](C(N)=O)(c2ccccc2C(=O)NC2CC2)S(N)(=O)=O)n1. The number of hydrogen-bond donors (Lipinski definition) is 3. The van der Waals surface area contributed by atoms with Crippen LogP contribution < -0.4 is 29.6 Å². The third-order valence-corrected chi connectivity index (χ3v) is 5.76. The smallest absolute Gasteiger partial charge is 0.443 e. The number of ether oxygens (including phenoxy) is 2. The molecule has 160 valence electrons. The Hall–Kier alpha value is -3.29. The van der Waals surface area contributed by atoms with Gasteiger partial charge in [-0.2, -0.15) is 13.6 Å². The van der Waals surface area contributed by atoms with E-state index in [2.05, 4.69) is 15.3 Å². The van der Waals surface area contributed by atoms with Gasteiger partial charge in [0.2, 0.25) is 11.8 Å². The number of quaternary nitrogens is 1. The summed E-state index contributed by atoms with van der Waals surface area (Å²) in [4.78, 5) is 33.5. The second-order valence-electron chi connectivity index (χ2n) is 6.48. The lowest BCUT2D eigenvalue weighted by molar-refractivity contribution is 0.0951. The van der Waals surface area contributed by atoms with E-state index in [0.29, 0.717) is 0 Å². The van der Waals surface area contributed by atoms with E-state index in [1.54, 1.807) is 0 Å². The molecule has 0 radical (unpaired) electrons. The van der Waals surface area contributed by atoms with E-state index in [0.717, 1.165) is 12.8 Å². The summed E-state index contributed by atoms with van der Waals surface area (Å²) in [6, 6.07) is 5.34. The first kappa shape index (κ1) is 21.4. The standard InChI is InChI=1S/C17H20N6O6S/c1-28-13-9-14(29-2)22-17(21-13)23(16(18)25,30(19,26)27)12-6-4-3-5-11(12)15(24)20-10-7-8-10/h3-6,9-10H,7-8H2,1-2H3,(H4-,18,19,20,24,25,26,27)/p+1. The molecular formula is C17H21N6O6S+. The van der Waals surface area contributed by atoms with Crippen molar-refractivity contribution < 1.29 is 27.5 Å². The van der Waals surface area contributed by atoms with Crippen molar-refractivity contribution in [1.29, 1.82) is 0 Å². The lowest BCUT2D eigenvalue weighted by Crippen LogP contribution is -2.61. The van der Waals surface area contributed by atoms with Crippen LogP contribution in [0.5, 0.6) is 11.8 Å². The summed E-state index contributed by atoms with van der Waals surface area (Å²) in [5.41, 5.74) is 5.11. The average molecular weight is 437 g/mol. The van der Waals surface area contributed by atoms with Crippen LogP contribution in [-0.4, -0.2) is 50.6 Å². The summed E-state index contributed by atoms with van der Waals surface area (Å²) >= 11 is 0. The second-order valence-corrected chi connectivity index (χ2v) is 8.06. The molecule has 1 heterocycles. The fourth-order valence-corrected chi connectivity index (χ4v) is 3.87. The van der Waals surface area contributed by atoms with Crippen LogP contribution in [-0.2, 0) is 10.2 Å². The van der Waals surface area contributed by atoms with E-state index < -0.39 is 32.0 Å². The lowest BCUT2D eigenvalue weighted by Gasteiger charge is -2.28. The number of rotatable bonds is 7. The molecule has 5 N–H and O–H groups in total. The summed E-state index contributed by atoms with van der Waals surface area (Å²) in [6.45, 7) is 0. The van der Waals surface area contributed by atoms with Crippen LogP contribution >= 0.6 is 0 Å². The Kier molecular flexibility index (Phi) is 5.61. The molecule has 1 aliphatic rings. The van der Waals surface area contributed by atoms with Gasteiger partial charge in [-0.1, -0.05) is 12.1 Å². The second kappa shape index (κ2) is 7.85. The Morgan fingerprint density at radius 2 is 1.70 bits per heavy atom. The number of nitrogens with two attached hydrogens (primary N) is 2. The van der Waals surface area contributed by atoms with Gasteiger partial charge in [0.1, 0.15) is 5.56 Å². The molecule has 1 saturated carbocycles. The third kappa shape index (κ3) is 3.65. The number of benzene rings is 1. The van der Waals surface area contributed by atoms with Crippen molar-refractivity contribution in [1.82, 2.24) is 19.2 Å². The molecule has 1 aliphatic carbocycles. The maximum atomic E-state index is 12.9. The van der Waals surface area contributed by atoms with Gasteiger partial charge in [-0.25, -0.2) is 4.79 Å². The minimum Gasteiger partial charge on any atom is -0.481 e. The van der Waals surface area contributed by atoms with Crippen molar-refractivity contribution in [2.45, 2.75) is 18.9 Å². The summed E-state index contributed by atoms with van der Waals surface area (Å²) in [6.07, 6.45) is 1.60. The van der Waals surface area contributed by atoms with Gasteiger partial charge in [0, 0.05) is 12.1 Å². The molecule has 12 nitrogen and oxygen atoms in total. The molecule has 30 heavy (non-hydrogen) atoms. The van der Waals surface area contributed by atoms with E-state index in [-0.39, 0.29) is 29.1 Å². The van der Waals surface area contributed by atoms with Crippen LogP contribution in [0.3, 0.4) is 0 Å². The first-order valence-electron chi connectivity index (χ1n) is 8.75. The zero-order valence-electron chi connectivity index (χ0n) is 16.2. The molecule has 3 amide bonds. The minimum absolute atomic E-state index is 0.0244. The number of hydrogen-bond acceptors (Lipinski definition) is 8. The minimum atomic E-state index is -4.90. The van der Waals surface area contributed by atoms with Crippen LogP contribution in [0.15, 0.2) is 30.3 Å². The van der Waals surface area contributed by atoms with Gasteiger partial charge in [-0.15, -0.1) is 9.97 Å². The van der Waals surface area contributed by atoms with Crippen molar-refractivity contribution in [2.24, 2.45) is 10.9 Å². The summed E-state index contributed by atoms with van der Waals surface area (Å²) in [7, 11) is -2.35. The summed E-state index contributed by atoms with van der Waals surface area (Å²) < 4.78 is 34.0. The number of carbonyl (C=O) groups is 2. The molecule has 1 unspecified atom stereocenters. The van der Waals surface area contributed by atoms with Gasteiger partial charge in [-0.05, 0) is 22.8 Å². The predicted octanol–water partition coefficient (Wildman–Crippen LogP) is 0.307. The van der Waals surface area contributed by atoms with E-state index in [4.69, 9.17) is 20.3 Å². The number of aromatic nitrogens is 2. The van der Waals surface area contributed by atoms with Crippen LogP contribution in [0.25, 0.3) is 0 Å². The predicted molar refractivity (Wildman–Crippen MR) is 106 cm³/mol. The van der Waals surface area contributed by atoms with E-state index in [1.165, 1.54) is 44.6 Å². The third-order valence-electron chi connectivity index (χ3n) is 4.46. The van der Waals surface area contributed by atoms with Crippen molar-refractivity contribution in [2.75, 3.05) is 14.2 Å². The Morgan fingerprint density at radius 1 is 1.13 bits per heavy atom. The van der Waals surface area contributed by atoms with Crippen molar-refractivity contribution in [3.05, 3.63) is 35.9 Å². The zero-order chi connectivity index (χ0) is 22.1. The van der Waals surface area contributed by atoms with Crippen molar-refractivity contribution >= 4 is 33.8 Å². The number of nitrogens with one attached hydrogen (secondary N) is 1. The highest BCUT2D eigenvalue weighted by Gasteiger charge is 2.56. The largest absolute Gasteiger partial charge is 0.481 e. The number of urea groups is 1. The van der Waals surface area contributed by atoms with Gasteiger partial charge >= 0.3 is 22.2 Å². The maximum Gasteiger partial charge on any atom is 0.443 e. The zero-order valence-corrected chi connectivity index (χ0v) is 17.0. The number of carbonyl (C=O) groups excluding carboxylic acids is 2. The molecule has 3 rings (SSSR count). The van der Waals surface area contributed by atoms with Crippen LogP contribution in [0.1, 0.15) is 23.2 Å². The Balaban J connectivity index is 2.36. The van der Waals surface area contributed by atoms with E-state index in [9.17, 15) is 18.0 Å². The highest BCUT2D eigenvalue weighted by Crippen LogP contribution is 2.39. The first-order valence-corrected chi connectivity index (χ1v) is 10.3. The average Bonchev–Trinajstić information content (AvgIpc) is 3.51. The van der Waals surface area contributed by atoms with Crippen LogP contribution in [0.2, 0.25) is 0 Å². The van der Waals surface area contributed by atoms with Gasteiger partial charge in [0.05, 0.1) is 20.3 Å². The fraction of sp³-hybridized carbons (Fsp3) is 0.294. The Labute approximate surface area is 172 Å². The number of para-hydroxylation sites is 1. The topological polar surface area (TPSA) is 177 Å². The molecular weight excluding hydrogens is 416 g/mol. The molecule has 1 atom stereocenters. The van der Waals surface area contributed by atoms with Crippen molar-refractivity contribution in [3.8, 4) is 11.8 Å². The molecule has 0 spiro atoms. The maximum absolute atomic E-state index is 12.9. The summed E-state index contributed by atoms with van der Waals surface area (Å²) in [5, 5.41) is 8.24. The quantitative estimate of drug-likeness (QED) is 0.518. The Bertz CT molecular complexity index is 1080. The van der Waals surface area contributed by atoms with E-state index in [1.807, 2.05) is 0 Å². The fourth-order valence-electron chi connectivity index (χ4n) is 2.87. The first-order chi connectivity index (χ1) is 14.1. The van der Waals surface area contributed by atoms with Crippen molar-refractivity contribution in [3.63, 3.8) is 0 Å².